The molecule has 0 fully saturated rings. The Morgan fingerprint density at radius 1 is 1.26 bits per heavy atom. The van der Waals surface area contributed by atoms with E-state index >= 15 is 0 Å². The second-order valence-electron chi connectivity index (χ2n) is 5.09. The van der Waals surface area contributed by atoms with Crippen molar-refractivity contribution in [3.8, 4) is 11.4 Å². The maximum Gasteiger partial charge on any atom is 0.137 e. The molecule has 0 spiro atoms. The third kappa shape index (κ3) is 1.80. The zero-order chi connectivity index (χ0) is 12.1. The molecule has 0 unspecified atom stereocenters. The Labute approximate surface area is 117 Å². The van der Waals surface area contributed by atoms with E-state index in [2.05, 4.69) is 15.2 Å². The molecule has 0 aromatic carbocycles. The van der Waals surface area contributed by atoms with Gasteiger partial charge in [0.1, 0.15) is 11.5 Å². The van der Waals surface area contributed by atoms with Crippen LogP contribution in [0.3, 0.4) is 0 Å². The standard InChI is InChI=1S/C13H16N4O.ClH/c1-8-9-3-2-6-17-13(12(9)16-18-8)10-7-14-5-4-11(10)15-17;/h14H,2-7H2,1H3;1H. The van der Waals surface area contributed by atoms with Gasteiger partial charge in [0.05, 0.1) is 11.4 Å². The van der Waals surface area contributed by atoms with E-state index in [0.717, 1.165) is 50.4 Å². The highest BCUT2D eigenvalue weighted by atomic mass is 35.5. The number of nitrogens with zero attached hydrogens (tertiary/aromatic N) is 3. The van der Waals surface area contributed by atoms with Gasteiger partial charge in [-0.3, -0.25) is 4.68 Å². The maximum absolute atomic E-state index is 5.38. The van der Waals surface area contributed by atoms with Gasteiger partial charge in [-0.25, -0.2) is 0 Å². The first kappa shape index (κ1) is 12.7. The maximum atomic E-state index is 5.38. The van der Waals surface area contributed by atoms with E-state index in [-0.39, 0.29) is 12.4 Å². The Morgan fingerprint density at radius 2 is 2.16 bits per heavy atom. The van der Waals surface area contributed by atoms with Crippen molar-refractivity contribution in [2.75, 3.05) is 6.54 Å². The Bertz CT molecular complexity index is 616. The molecule has 102 valence electrons. The van der Waals surface area contributed by atoms with Crippen molar-refractivity contribution < 1.29 is 4.52 Å². The van der Waals surface area contributed by atoms with Gasteiger partial charge < -0.3 is 9.84 Å². The van der Waals surface area contributed by atoms with Crippen LogP contribution in [0.2, 0.25) is 0 Å². The van der Waals surface area contributed by atoms with Crippen molar-refractivity contribution in [2.24, 2.45) is 0 Å². The molecule has 19 heavy (non-hydrogen) atoms. The van der Waals surface area contributed by atoms with Gasteiger partial charge in [-0.1, -0.05) is 5.16 Å². The number of halogens is 1. The number of aryl methyl sites for hydroxylation is 2. The molecule has 0 saturated heterocycles. The van der Waals surface area contributed by atoms with Crippen LogP contribution in [0.5, 0.6) is 0 Å². The lowest BCUT2D eigenvalue weighted by Gasteiger charge is -2.12. The molecule has 6 heteroatoms. The summed E-state index contributed by atoms with van der Waals surface area (Å²) in [6.45, 7) is 4.91. The molecular weight excluding hydrogens is 264 g/mol. The highest BCUT2D eigenvalue weighted by molar-refractivity contribution is 5.85. The summed E-state index contributed by atoms with van der Waals surface area (Å²) in [4.78, 5) is 0. The van der Waals surface area contributed by atoms with Crippen LogP contribution in [-0.2, 0) is 25.9 Å². The third-order valence-corrected chi connectivity index (χ3v) is 3.98. The molecular formula is C13H17ClN4O. The fraction of sp³-hybridized carbons (Fsp3) is 0.538. The normalized spacial score (nSPS) is 16.9. The van der Waals surface area contributed by atoms with Crippen LogP contribution in [0.15, 0.2) is 4.52 Å². The van der Waals surface area contributed by atoms with Crippen LogP contribution < -0.4 is 5.32 Å². The average molecular weight is 281 g/mol. The summed E-state index contributed by atoms with van der Waals surface area (Å²) in [6, 6.07) is 0. The summed E-state index contributed by atoms with van der Waals surface area (Å²) in [5.74, 6) is 0.956. The zero-order valence-electron chi connectivity index (χ0n) is 10.9. The van der Waals surface area contributed by atoms with Gasteiger partial charge in [0, 0.05) is 37.2 Å². The molecule has 0 radical (unpaired) electrons. The molecule has 0 bridgehead atoms. The average Bonchev–Trinajstić information content (AvgIpc) is 2.86. The van der Waals surface area contributed by atoms with E-state index in [4.69, 9.17) is 9.62 Å². The molecule has 0 atom stereocenters. The van der Waals surface area contributed by atoms with Crippen molar-refractivity contribution in [1.29, 1.82) is 0 Å². The third-order valence-electron chi connectivity index (χ3n) is 3.98. The van der Waals surface area contributed by atoms with Crippen molar-refractivity contribution in [2.45, 2.75) is 39.3 Å². The first-order chi connectivity index (χ1) is 8.84. The van der Waals surface area contributed by atoms with E-state index in [9.17, 15) is 0 Å². The van der Waals surface area contributed by atoms with Gasteiger partial charge in [-0.15, -0.1) is 12.4 Å². The minimum atomic E-state index is 0. The largest absolute Gasteiger partial charge is 0.361 e. The van der Waals surface area contributed by atoms with E-state index < -0.39 is 0 Å². The molecule has 1 N–H and O–H groups in total. The summed E-state index contributed by atoms with van der Waals surface area (Å²) < 4.78 is 7.51. The lowest BCUT2D eigenvalue weighted by Crippen LogP contribution is -2.23. The highest BCUT2D eigenvalue weighted by Gasteiger charge is 2.28. The Morgan fingerprint density at radius 3 is 3.05 bits per heavy atom. The molecule has 2 aromatic rings. The molecule has 0 amide bonds. The zero-order valence-corrected chi connectivity index (χ0v) is 11.7. The predicted octanol–water partition coefficient (Wildman–Crippen LogP) is 1.86. The molecule has 2 aromatic heterocycles. The number of hydrogen-bond donors (Lipinski definition) is 1. The topological polar surface area (TPSA) is 55.9 Å². The smallest absolute Gasteiger partial charge is 0.137 e. The summed E-state index contributed by atoms with van der Waals surface area (Å²) in [5.41, 5.74) is 6.01. The minimum Gasteiger partial charge on any atom is -0.361 e. The fourth-order valence-electron chi connectivity index (χ4n) is 3.06. The Kier molecular flexibility index (Phi) is 3.11. The van der Waals surface area contributed by atoms with Gasteiger partial charge in [0.2, 0.25) is 0 Å². The van der Waals surface area contributed by atoms with E-state index in [1.807, 2.05) is 6.92 Å². The van der Waals surface area contributed by atoms with Crippen LogP contribution in [0.25, 0.3) is 11.4 Å². The Balaban J connectivity index is 0.00000110. The summed E-state index contributed by atoms with van der Waals surface area (Å²) in [7, 11) is 0. The van der Waals surface area contributed by atoms with Crippen LogP contribution in [0, 0.1) is 6.92 Å². The number of nitrogens with one attached hydrogen (secondary N) is 1. The van der Waals surface area contributed by atoms with Gasteiger partial charge in [0.25, 0.3) is 0 Å². The molecule has 2 aliphatic heterocycles. The number of hydrogen-bond acceptors (Lipinski definition) is 4. The van der Waals surface area contributed by atoms with Crippen molar-refractivity contribution in [3.63, 3.8) is 0 Å². The number of fused-ring (bicyclic) bond motifs is 5. The van der Waals surface area contributed by atoms with Gasteiger partial charge in [0.15, 0.2) is 0 Å². The SMILES string of the molecule is Cc1onc2c1CCCn1nc3c(c1-2)CNCC3.Cl. The van der Waals surface area contributed by atoms with E-state index in [0.29, 0.717) is 0 Å². The lowest BCUT2D eigenvalue weighted by molar-refractivity contribution is 0.396. The van der Waals surface area contributed by atoms with Crippen molar-refractivity contribution in [3.05, 3.63) is 22.6 Å². The summed E-state index contributed by atoms with van der Waals surface area (Å²) in [6.07, 6.45) is 3.16. The quantitative estimate of drug-likeness (QED) is 0.800. The molecule has 4 rings (SSSR count). The monoisotopic (exact) mass is 280 g/mol. The number of aromatic nitrogens is 3. The molecule has 5 nitrogen and oxygen atoms in total. The predicted molar refractivity (Wildman–Crippen MR) is 73.4 cm³/mol. The molecule has 0 saturated carbocycles. The fourth-order valence-corrected chi connectivity index (χ4v) is 3.06. The van der Waals surface area contributed by atoms with E-state index in [1.54, 1.807) is 0 Å². The minimum absolute atomic E-state index is 0. The van der Waals surface area contributed by atoms with E-state index in [1.165, 1.54) is 22.5 Å². The van der Waals surface area contributed by atoms with Gasteiger partial charge in [-0.05, 0) is 19.8 Å². The molecule has 4 heterocycles. The van der Waals surface area contributed by atoms with Gasteiger partial charge >= 0.3 is 0 Å². The molecule has 0 aliphatic carbocycles. The van der Waals surface area contributed by atoms with Crippen LogP contribution in [0.1, 0.15) is 29.0 Å². The van der Waals surface area contributed by atoms with Crippen molar-refractivity contribution in [1.82, 2.24) is 20.3 Å². The summed E-state index contributed by atoms with van der Waals surface area (Å²) in [5, 5.41) is 12.5. The summed E-state index contributed by atoms with van der Waals surface area (Å²) >= 11 is 0. The second kappa shape index (κ2) is 4.65. The lowest BCUT2D eigenvalue weighted by atomic mass is 10.0. The molecule has 2 aliphatic rings. The Hall–Kier alpha value is -1.33. The van der Waals surface area contributed by atoms with Crippen molar-refractivity contribution >= 4 is 12.4 Å². The number of rotatable bonds is 0. The highest BCUT2D eigenvalue weighted by Crippen LogP contribution is 2.34. The first-order valence-electron chi connectivity index (χ1n) is 6.59. The van der Waals surface area contributed by atoms with Crippen LogP contribution >= 0.6 is 12.4 Å². The van der Waals surface area contributed by atoms with Crippen LogP contribution in [0.4, 0.5) is 0 Å². The second-order valence-corrected chi connectivity index (χ2v) is 5.09. The van der Waals surface area contributed by atoms with Crippen LogP contribution in [-0.4, -0.2) is 21.5 Å². The van der Waals surface area contributed by atoms with Gasteiger partial charge in [-0.2, -0.15) is 5.10 Å². The first-order valence-corrected chi connectivity index (χ1v) is 6.59.